The molecule has 6 nitrogen and oxygen atoms in total. The number of amides is 1. The maximum Gasteiger partial charge on any atom is 0.279 e. The number of nitrogen functional groups attached to an aromatic ring is 1. The minimum Gasteiger partial charge on any atom is -0.382 e. The molecular formula is C12H13N5O. The van der Waals surface area contributed by atoms with E-state index < -0.39 is 5.91 Å². The van der Waals surface area contributed by atoms with Crippen LogP contribution in [0.3, 0.4) is 0 Å². The summed E-state index contributed by atoms with van der Waals surface area (Å²) in [5.74, 6) is 0.153. The Balaban J connectivity index is 2.23. The molecule has 2 heterocycles. The standard InChI is InChI=1S/C12H13N5O/c1-2-8-7-15-11(13)10(16-8)12(18)17-9-5-3-4-6-14-9/h3-7H,2H2,1H3,(H2,13,15)(H,14,17,18). The maximum atomic E-state index is 12.0. The first kappa shape index (κ1) is 12.0. The Morgan fingerprint density at radius 2 is 2.22 bits per heavy atom. The summed E-state index contributed by atoms with van der Waals surface area (Å²) in [6.07, 6.45) is 3.84. The molecule has 0 bridgehead atoms. The number of hydrogen-bond donors (Lipinski definition) is 2. The number of hydrogen-bond acceptors (Lipinski definition) is 5. The molecule has 0 saturated heterocycles. The monoisotopic (exact) mass is 243 g/mol. The van der Waals surface area contributed by atoms with E-state index in [9.17, 15) is 4.79 Å². The zero-order valence-electron chi connectivity index (χ0n) is 9.92. The highest BCUT2D eigenvalue weighted by Gasteiger charge is 2.14. The molecule has 2 aromatic heterocycles. The van der Waals surface area contributed by atoms with Crippen LogP contribution in [0.5, 0.6) is 0 Å². The number of anilines is 2. The van der Waals surface area contributed by atoms with Crippen molar-refractivity contribution >= 4 is 17.5 Å². The van der Waals surface area contributed by atoms with Crippen molar-refractivity contribution in [2.24, 2.45) is 0 Å². The number of nitrogens with zero attached hydrogens (tertiary/aromatic N) is 3. The van der Waals surface area contributed by atoms with Crippen molar-refractivity contribution in [1.29, 1.82) is 0 Å². The smallest absolute Gasteiger partial charge is 0.279 e. The molecule has 2 aromatic rings. The van der Waals surface area contributed by atoms with Crippen molar-refractivity contribution < 1.29 is 4.79 Å². The van der Waals surface area contributed by atoms with Gasteiger partial charge in [0.25, 0.3) is 5.91 Å². The topological polar surface area (TPSA) is 93.8 Å². The van der Waals surface area contributed by atoms with Gasteiger partial charge in [-0.25, -0.2) is 15.0 Å². The summed E-state index contributed by atoms with van der Waals surface area (Å²) in [4.78, 5) is 24.1. The molecule has 0 aliphatic heterocycles. The quantitative estimate of drug-likeness (QED) is 0.846. The van der Waals surface area contributed by atoms with Crippen LogP contribution in [-0.2, 0) is 6.42 Å². The third-order valence-electron chi connectivity index (χ3n) is 2.33. The number of aromatic nitrogens is 3. The largest absolute Gasteiger partial charge is 0.382 e. The predicted octanol–water partition coefficient (Wildman–Crippen LogP) is 1.27. The Hall–Kier alpha value is -2.50. The van der Waals surface area contributed by atoms with Crippen molar-refractivity contribution in [2.45, 2.75) is 13.3 Å². The SMILES string of the molecule is CCc1cnc(N)c(C(=O)Nc2ccccn2)n1. The summed E-state index contributed by atoms with van der Waals surface area (Å²) in [5, 5.41) is 2.62. The fraction of sp³-hybridized carbons (Fsp3) is 0.167. The average molecular weight is 243 g/mol. The number of nitrogens with one attached hydrogen (secondary N) is 1. The zero-order chi connectivity index (χ0) is 13.0. The van der Waals surface area contributed by atoms with Gasteiger partial charge in [0.1, 0.15) is 5.82 Å². The second-order valence-corrected chi connectivity index (χ2v) is 3.62. The van der Waals surface area contributed by atoms with Crippen LogP contribution in [0.2, 0.25) is 0 Å². The Kier molecular flexibility index (Phi) is 3.47. The van der Waals surface area contributed by atoms with Gasteiger partial charge in [-0.1, -0.05) is 13.0 Å². The molecule has 0 atom stereocenters. The number of pyridine rings is 1. The van der Waals surface area contributed by atoms with Crippen molar-refractivity contribution in [3.8, 4) is 0 Å². The van der Waals surface area contributed by atoms with E-state index in [1.54, 1.807) is 30.6 Å². The minimum atomic E-state index is -0.408. The first-order chi connectivity index (χ1) is 8.70. The van der Waals surface area contributed by atoms with Crippen molar-refractivity contribution in [1.82, 2.24) is 15.0 Å². The van der Waals surface area contributed by atoms with Gasteiger partial charge in [-0.2, -0.15) is 0 Å². The first-order valence-corrected chi connectivity index (χ1v) is 5.54. The Labute approximate surface area is 104 Å². The van der Waals surface area contributed by atoms with E-state index in [2.05, 4.69) is 20.3 Å². The number of carbonyl (C=O) groups is 1. The molecule has 0 unspecified atom stereocenters. The molecule has 1 amide bonds. The second-order valence-electron chi connectivity index (χ2n) is 3.62. The highest BCUT2D eigenvalue weighted by Crippen LogP contribution is 2.09. The summed E-state index contributed by atoms with van der Waals surface area (Å²) < 4.78 is 0. The molecule has 3 N–H and O–H groups in total. The van der Waals surface area contributed by atoms with Crippen LogP contribution in [0.15, 0.2) is 30.6 Å². The normalized spacial score (nSPS) is 10.1. The van der Waals surface area contributed by atoms with E-state index >= 15 is 0 Å². The molecule has 92 valence electrons. The average Bonchev–Trinajstić information content (AvgIpc) is 2.40. The lowest BCUT2D eigenvalue weighted by molar-refractivity contribution is 0.102. The lowest BCUT2D eigenvalue weighted by Gasteiger charge is -2.06. The fourth-order valence-corrected chi connectivity index (χ4v) is 1.38. The molecule has 0 radical (unpaired) electrons. The van der Waals surface area contributed by atoms with Gasteiger partial charge in [-0.05, 0) is 18.6 Å². The molecule has 18 heavy (non-hydrogen) atoms. The van der Waals surface area contributed by atoms with Crippen LogP contribution in [0.1, 0.15) is 23.1 Å². The number of nitrogens with two attached hydrogens (primary N) is 1. The first-order valence-electron chi connectivity index (χ1n) is 5.54. The molecule has 6 heteroatoms. The van der Waals surface area contributed by atoms with Crippen LogP contribution < -0.4 is 11.1 Å². The molecular weight excluding hydrogens is 230 g/mol. The van der Waals surface area contributed by atoms with E-state index in [0.29, 0.717) is 12.2 Å². The summed E-state index contributed by atoms with van der Waals surface area (Å²) in [7, 11) is 0. The lowest BCUT2D eigenvalue weighted by Crippen LogP contribution is -2.18. The second kappa shape index (κ2) is 5.22. The Bertz CT molecular complexity index is 556. The van der Waals surface area contributed by atoms with E-state index in [0.717, 1.165) is 5.69 Å². The van der Waals surface area contributed by atoms with E-state index in [4.69, 9.17) is 5.73 Å². The summed E-state index contributed by atoms with van der Waals surface area (Å²) in [6.45, 7) is 1.93. The van der Waals surface area contributed by atoms with Crippen molar-refractivity contribution in [3.05, 3.63) is 42.0 Å². The summed E-state index contributed by atoms with van der Waals surface area (Å²) >= 11 is 0. The van der Waals surface area contributed by atoms with Crippen LogP contribution >= 0.6 is 0 Å². The van der Waals surface area contributed by atoms with Crippen LogP contribution in [0, 0.1) is 0 Å². The third-order valence-corrected chi connectivity index (χ3v) is 2.33. The van der Waals surface area contributed by atoms with Crippen LogP contribution in [-0.4, -0.2) is 20.9 Å². The lowest BCUT2D eigenvalue weighted by atomic mass is 10.3. The van der Waals surface area contributed by atoms with Gasteiger partial charge in [-0.15, -0.1) is 0 Å². The number of rotatable bonds is 3. The van der Waals surface area contributed by atoms with Gasteiger partial charge in [0.05, 0.1) is 11.9 Å². The number of aryl methyl sites for hydroxylation is 1. The number of carbonyl (C=O) groups excluding carboxylic acids is 1. The van der Waals surface area contributed by atoms with Crippen molar-refractivity contribution in [3.63, 3.8) is 0 Å². The van der Waals surface area contributed by atoms with E-state index in [-0.39, 0.29) is 11.5 Å². The minimum absolute atomic E-state index is 0.112. The van der Waals surface area contributed by atoms with Gasteiger partial charge >= 0.3 is 0 Å². The van der Waals surface area contributed by atoms with Gasteiger partial charge in [0, 0.05) is 6.20 Å². The maximum absolute atomic E-state index is 12.0. The highest BCUT2D eigenvalue weighted by atomic mass is 16.2. The highest BCUT2D eigenvalue weighted by molar-refractivity contribution is 6.05. The van der Waals surface area contributed by atoms with E-state index in [1.165, 1.54) is 0 Å². The molecule has 0 aliphatic rings. The third kappa shape index (κ3) is 2.60. The molecule has 0 spiro atoms. The van der Waals surface area contributed by atoms with Crippen LogP contribution in [0.25, 0.3) is 0 Å². The zero-order valence-corrected chi connectivity index (χ0v) is 9.92. The van der Waals surface area contributed by atoms with Crippen molar-refractivity contribution in [2.75, 3.05) is 11.1 Å². The van der Waals surface area contributed by atoms with Crippen LogP contribution in [0.4, 0.5) is 11.6 Å². The molecule has 0 fully saturated rings. The van der Waals surface area contributed by atoms with Gasteiger partial charge < -0.3 is 11.1 Å². The van der Waals surface area contributed by atoms with E-state index in [1.807, 2.05) is 6.92 Å². The van der Waals surface area contributed by atoms with Gasteiger partial charge in [0.15, 0.2) is 11.5 Å². The van der Waals surface area contributed by atoms with Gasteiger partial charge in [-0.3, -0.25) is 4.79 Å². The molecule has 0 aromatic carbocycles. The Morgan fingerprint density at radius 1 is 1.39 bits per heavy atom. The fourth-order valence-electron chi connectivity index (χ4n) is 1.38. The van der Waals surface area contributed by atoms with Gasteiger partial charge in [0.2, 0.25) is 0 Å². The Morgan fingerprint density at radius 3 is 2.89 bits per heavy atom. The predicted molar refractivity (Wildman–Crippen MR) is 68.0 cm³/mol. The molecule has 2 rings (SSSR count). The summed E-state index contributed by atoms with van der Waals surface area (Å²) in [5.41, 5.74) is 6.49. The summed E-state index contributed by atoms with van der Waals surface area (Å²) in [6, 6.07) is 5.23. The molecule has 0 saturated carbocycles. The molecule has 0 aliphatic carbocycles.